The average molecular weight is 287 g/mol. The molecular weight excluding hydrogens is 264 g/mol. The zero-order valence-corrected chi connectivity index (χ0v) is 12.8. The smallest absolute Gasteiger partial charge is 0.213 e. The Morgan fingerprint density at radius 3 is 2.68 bits per heavy atom. The van der Waals surface area contributed by atoms with Gasteiger partial charge in [0.1, 0.15) is 6.10 Å². The van der Waals surface area contributed by atoms with Crippen LogP contribution in [0.25, 0.3) is 0 Å². The summed E-state index contributed by atoms with van der Waals surface area (Å²) in [5.41, 5.74) is 0.810. The van der Waals surface area contributed by atoms with Gasteiger partial charge in [0.25, 0.3) is 0 Å². The number of halogens is 1. The van der Waals surface area contributed by atoms with Gasteiger partial charge >= 0.3 is 0 Å². The van der Waals surface area contributed by atoms with Crippen LogP contribution in [0.5, 0.6) is 5.88 Å². The maximum atomic E-state index is 6.13. The van der Waals surface area contributed by atoms with Gasteiger partial charge in [-0.15, -0.1) is 0 Å². The van der Waals surface area contributed by atoms with Crippen molar-refractivity contribution in [2.75, 3.05) is 20.3 Å². The van der Waals surface area contributed by atoms with Gasteiger partial charge in [-0.2, -0.15) is 0 Å². The van der Waals surface area contributed by atoms with Gasteiger partial charge in [0.15, 0.2) is 0 Å². The van der Waals surface area contributed by atoms with E-state index >= 15 is 0 Å². The third-order valence-corrected chi connectivity index (χ3v) is 2.81. The second kappa shape index (κ2) is 8.35. The molecule has 108 valence electrons. The van der Waals surface area contributed by atoms with Crippen molar-refractivity contribution in [3.63, 3.8) is 0 Å². The Morgan fingerprint density at radius 1 is 1.32 bits per heavy atom. The van der Waals surface area contributed by atoms with Crippen LogP contribution in [0.15, 0.2) is 12.1 Å². The van der Waals surface area contributed by atoms with E-state index in [1.807, 2.05) is 13.0 Å². The van der Waals surface area contributed by atoms with E-state index in [9.17, 15) is 0 Å². The molecule has 1 N–H and O–H groups in total. The number of hydrogen-bond donors (Lipinski definition) is 1. The van der Waals surface area contributed by atoms with Crippen LogP contribution in [0.1, 0.15) is 26.5 Å². The van der Waals surface area contributed by atoms with E-state index in [0.29, 0.717) is 30.0 Å². The monoisotopic (exact) mass is 286 g/mol. The molecule has 0 radical (unpaired) electrons. The molecule has 1 heterocycles. The Kier molecular flexibility index (Phi) is 7.13. The van der Waals surface area contributed by atoms with Crippen molar-refractivity contribution in [1.82, 2.24) is 10.3 Å². The van der Waals surface area contributed by atoms with Gasteiger partial charge in [-0.05, 0) is 25.5 Å². The van der Waals surface area contributed by atoms with Crippen LogP contribution < -0.4 is 10.1 Å². The van der Waals surface area contributed by atoms with E-state index in [-0.39, 0.29) is 6.10 Å². The first kappa shape index (κ1) is 16.2. The van der Waals surface area contributed by atoms with Gasteiger partial charge in [-0.1, -0.05) is 25.4 Å². The predicted molar refractivity (Wildman–Crippen MR) is 77.8 cm³/mol. The van der Waals surface area contributed by atoms with Gasteiger partial charge in [-0.25, -0.2) is 4.98 Å². The lowest BCUT2D eigenvalue weighted by molar-refractivity contribution is 0.0888. The summed E-state index contributed by atoms with van der Waals surface area (Å²) in [6.45, 7) is 8.37. The number of methoxy groups -OCH3 is 1. The minimum Gasteiger partial charge on any atom is -0.472 e. The number of nitrogens with zero attached hydrogens (tertiary/aromatic N) is 1. The maximum absolute atomic E-state index is 6.13. The summed E-state index contributed by atoms with van der Waals surface area (Å²) in [5, 5.41) is 3.98. The van der Waals surface area contributed by atoms with E-state index in [1.165, 1.54) is 0 Å². The molecule has 5 heteroatoms. The average Bonchev–Trinajstić information content (AvgIpc) is 2.33. The summed E-state index contributed by atoms with van der Waals surface area (Å²) in [7, 11) is 1.65. The summed E-state index contributed by atoms with van der Waals surface area (Å²) in [6, 6.07) is 3.59. The molecule has 0 saturated carbocycles. The molecule has 1 rings (SSSR count). The van der Waals surface area contributed by atoms with Crippen molar-refractivity contribution in [2.24, 2.45) is 5.92 Å². The quantitative estimate of drug-likeness (QED) is 0.798. The molecule has 0 saturated heterocycles. The summed E-state index contributed by atoms with van der Waals surface area (Å²) in [6.07, 6.45) is -0.0323. The van der Waals surface area contributed by atoms with E-state index < -0.39 is 0 Å². The molecule has 1 aromatic heterocycles. The zero-order chi connectivity index (χ0) is 14.3. The molecule has 0 spiro atoms. The Balaban J connectivity index is 2.60. The first-order valence-corrected chi connectivity index (χ1v) is 6.92. The third-order valence-electron chi connectivity index (χ3n) is 2.46. The van der Waals surface area contributed by atoms with Crippen LogP contribution in [0.2, 0.25) is 5.02 Å². The lowest BCUT2D eigenvalue weighted by atomic mass is 10.2. The minimum absolute atomic E-state index is 0.0323. The minimum atomic E-state index is -0.0323. The van der Waals surface area contributed by atoms with Crippen molar-refractivity contribution in [1.29, 1.82) is 0 Å². The van der Waals surface area contributed by atoms with Crippen molar-refractivity contribution in [2.45, 2.75) is 33.4 Å². The Morgan fingerprint density at radius 2 is 2.05 bits per heavy atom. The summed E-state index contributed by atoms with van der Waals surface area (Å²) in [4.78, 5) is 4.42. The second-order valence-electron chi connectivity index (χ2n) is 4.99. The van der Waals surface area contributed by atoms with Crippen molar-refractivity contribution in [3.05, 3.63) is 22.8 Å². The van der Waals surface area contributed by atoms with Gasteiger partial charge in [0.2, 0.25) is 5.88 Å². The van der Waals surface area contributed by atoms with Crippen LogP contribution in [0, 0.1) is 5.92 Å². The highest BCUT2D eigenvalue weighted by molar-refractivity contribution is 6.31. The van der Waals surface area contributed by atoms with Gasteiger partial charge < -0.3 is 14.8 Å². The Bertz CT molecular complexity index is 386. The topological polar surface area (TPSA) is 43.4 Å². The standard InChI is InChI=1S/C14H23ClN2O2/c1-10(2)7-16-8-13-12(15)5-6-14(17-13)19-11(3)9-18-4/h5-6,10-11,16H,7-9H2,1-4H3. The van der Waals surface area contributed by atoms with E-state index in [1.54, 1.807) is 13.2 Å². The molecule has 0 aliphatic carbocycles. The fraction of sp³-hybridized carbons (Fsp3) is 0.643. The molecule has 19 heavy (non-hydrogen) atoms. The second-order valence-corrected chi connectivity index (χ2v) is 5.39. The van der Waals surface area contributed by atoms with Crippen LogP contribution in [0.3, 0.4) is 0 Å². The van der Waals surface area contributed by atoms with Crippen LogP contribution in [-0.4, -0.2) is 31.3 Å². The van der Waals surface area contributed by atoms with Crippen LogP contribution in [0.4, 0.5) is 0 Å². The van der Waals surface area contributed by atoms with Crippen molar-refractivity contribution >= 4 is 11.6 Å². The largest absolute Gasteiger partial charge is 0.472 e. The molecule has 0 aliphatic heterocycles. The molecular formula is C14H23ClN2O2. The maximum Gasteiger partial charge on any atom is 0.213 e. The fourth-order valence-electron chi connectivity index (χ4n) is 1.61. The molecule has 0 amide bonds. The van der Waals surface area contributed by atoms with Gasteiger partial charge in [0, 0.05) is 19.7 Å². The summed E-state index contributed by atoms with van der Waals surface area (Å²) in [5.74, 6) is 1.18. The predicted octanol–water partition coefficient (Wildman–Crippen LogP) is 2.89. The number of pyridine rings is 1. The summed E-state index contributed by atoms with van der Waals surface area (Å²) < 4.78 is 10.7. The molecule has 0 aromatic carbocycles. The number of nitrogens with one attached hydrogen (secondary N) is 1. The van der Waals surface area contributed by atoms with E-state index in [2.05, 4.69) is 24.1 Å². The van der Waals surface area contributed by atoms with Crippen LogP contribution >= 0.6 is 11.6 Å². The number of rotatable bonds is 8. The lowest BCUT2D eigenvalue weighted by Crippen LogP contribution is -2.21. The first-order chi connectivity index (χ1) is 9.02. The highest BCUT2D eigenvalue weighted by atomic mass is 35.5. The third kappa shape index (κ3) is 6.23. The molecule has 1 atom stereocenters. The van der Waals surface area contributed by atoms with Gasteiger partial charge in [0.05, 0.1) is 17.3 Å². The van der Waals surface area contributed by atoms with Gasteiger partial charge in [-0.3, -0.25) is 0 Å². The Hall–Kier alpha value is -0.840. The highest BCUT2D eigenvalue weighted by Crippen LogP contribution is 2.18. The molecule has 4 nitrogen and oxygen atoms in total. The lowest BCUT2D eigenvalue weighted by Gasteiger charge is -2.14. The SMILES string of the molecule is COCC(C)Oc1ccc(Cl)c(CNCC(C)C)n1. The number of hydrogen-bond acceptors (Lipinski definition) is 4. The Labute approximate surface area is 120 Å². The first-order valence-electron chi connectivity index (χ1n) is 6.54. The zero-order valence-electron chi connectivity index (χ0n) is 12.1. The summed E-state index contributed by atoms with van der Waals surface area (Å²) >= 11 is 6.13. The number of aromatic nitrogens is 1. The fourth-order valence-corrected chi connectivity index (χ4v) is 1.78. The molecule has 1 aromatic rings. The normalized spacial score (nSPS) is 12.7. The van der Waals surface area contributed by atoms with Crippen LogP contribution in [-0.2, 0) is 11.3 Å². The molecule has 0 fully saturated rings. The van der Waals surface area contributed by atoms with Crippen molar-refractivity contribution < 1.29 is 9.47 Å². The highest BCUT2D eigenvalue weighted by Gasteiger charge is 2.08. The molecule has 0 bridgehead atoms. The number of ether oxygens (including phenoxy) is 2. The van der Waals surface area contributed by atoms with E-state index in [4.69, 9.17) is 21.1 Å². The molecule has 0 aliphatic rings. The molecule has 1 unspecified atom stereocenters. The van der Waals surface area contributed by atoms with E-state index in [0.717, 1.165) is 12.2 Å². The van der Waals surface area contributed by atoms with Crippen molar-refractivity contribution in [3.8, 4) is 5.88 Å².